The molecule has 1 aliphatic rings. The third kappa shape index (κ3) is 2.49. The Labute approximate surface area is 107 Å². The number of fused-ring (bicyclic) bond motifs is 1. The lowest BCUT2D eigenvalue weighted by Gasteiger charge is -2.20. The Balaban J connectivity index is 2.28. The van der Waals surface area contributed by atoms with E-state index in [-0.39, 0.29) is 11.2 Å². The quantitative estimate of drug-likeness (QED) is 0.793. The molecule has 1 N–H and O–H groups in total. The lowest BCUT2D eigenvalue weighted by molar-refractivity contribution is -0.131. The van der Waals surface area contributed by atoms with Crippen LogP contribution in [0, 0.1) is 0 Å². The van der Waals surface area contributed by atoms with E-state index >= 15 is 0 Å². The molecule has 0 saturated carbocycles. The number of aromatic amines is 1. The molecule has 4 nitrogen and oxygen atoms in total. The Morgan fingerprint density at radius 3 is 3.06 bits per heavy atom. The molecular formula is C12H19N3OS. The summed E-state index contributed by atoms with van der Waals surface area (Å²) in [7, 11) is 0. The van der Waals surface area contributed by atoms with Crippen LogP contribution < -0.4 is 0 Å². The number of amides is 1. The summed E-state index contributed by atoms with van der Waals surface area (Å²) in [4.78, 5) is 13.7. The topological polar surface area (TPSA) is 49.0 Å². The summed E-state index contributed by atoms with van der Waals surface area (Å²) in [5.74, 6) is 0.219. The predicted molar refractivity (Wildman–Crippen MR) is 70.0 cm³/mol. The summed E-state index contributed by atoms with van der Waals surface area (Å²) in [6.45, 7) is 5.44. The molecule has 94 valence electrons. The number of H-pyrrole nitrogens is 1. The Morgan fingerprint density at radius 1 is 1.65 bits per heavy atom. The van der Waals surface area contributed by atoms with Gasteiger partial charge < -0.3 is 4.90 Å². The molecule has 1 unspecified atom stereocenters. The second-order valence-electron chi connectivity index (χ2n) is 4.51. The molecule has 1 aromatic heterocycles. The molecule has 0 radical (unpaired) electrons. The van der Waals surface area contributed by atoms with E-state index in [9.17, 15) is 4.79 Å². The van der Waals surface area contributed by atoms with E-state index in [0.717, 1.165) is 25.1 Å². The van der Waals surface area contributed by atoms with Crippen LogP contribution in [0.15, 0.2) is 0 Å². The molecule has 0 saturated heterocycles. The van der Waals surface area contributed by atoms with Crippen LogP contribution >= 0.6 is 12.6 Å². The first kappa shape index (κ1) is 12.5. The maximum absolute atomic E-state index is 11.8. The maximum atomic E-state index is 11.8. The Bertz CT molecular complexity index is 414. The summed E-state index contributed by atoms with van der Waals surface area (Å²) in [6.07, 6.45) is 2.54. The van der Waals surface area contributed by atoms with Crippen molar-refractivity contribution in [1.29, 1.82) is 0 Å². The van der Waals surface area contributed by atoms with E-state index in [1.165, 1.54) is 11.3 Å². The summed E-state index contributed by atoms with van der Waals surface area (Å²) in [5, 5.41) is 7.51. The monoisotopic (exact) mass is 253 g/mol. The lowest BCUT2D eigenvalue weighted by Crippen LogP contribution is -2.30. The van der Waals surface area contributed by atoms with E-state index in [1.54, 1.807) is 0 Å². The molecule has 2 heterocycles. The predicted octanol–water partition coefficient (Wildman–Crippen LogP) is 2.09. The fraction of sp³-hybridized carbons (Fsp3) is 0.667. The fourth-order valence-corrected chi connectivity index (χ4v) is 2.51. The molecule has 5 heteroatoms. The number of aromatic nitrogens is 2. The van der Waals surface area contributed by atoms with Gasteiger partial charge in [-0.2, -0.15) is 17.7 Å². The van der Waals surface area contributed by atoms with Crippen LogP contribution in [0.1, 0.15) is 48.9 Å². The van der Waals surface area contributed by atoms with E-state index < -0.39 is 0 Å². The molecule has 1 amide bonds. The van der Waals surface area contributed by atoms with Crippen LogP contribution in [-0.4, -0.2) is 27.5 Å². The van der Waals surface area contributed by atoms with Crippen LogP contribution in [0.3, 0.4) is 0 Å². The summed E-state index contributed by atoms with van der Waals surface area (Å²) < 4.78 is 0. The van der Waals surface area contributed by atoms with Gasteiger partial charge >= 0.3 is 0 Å². The number of hydrogen-bond acceptors (Lipinski definition) is 3. The molecule has 1 atom stereocenters. The molecule has 0 spiro atoms. The van der Waals surface area contributed by atoms with Gasteiger partial charge in [0, 0.05) is 36.0 Å². The number of nitrogens with zero attached hydrogens (tertiary/aromatic N) is 2. The normalized spacial score (nSPS) is 17.5. The smallest absolute Gasteiger partial charge is 0.222 e. The molecular weight excluding hydrogens is 234 g/mol. The van der Waals surface area contributed by atoms with E-state index in [0.29, 0.717) is 13.0 Å². The molecule has 0 fully saturated rings. The highest BCUT2D eigenvalue weighted by molar-refractivity contribution is 7.80. The third-order valence-electron chi connectivity index (χ3n) is 3.24. The van der Waals surface area contributed by atoms with Crippen molar-refractivity contribution in [3.8, 4) is 0 Å². The van der Waals surface area contributed by atoms with Gasteiger partial charge in [0.15, 0.2) is 0 Å². The van der Waals surface area contributed by atoms with E-state index in [4.69, 9.17) is 0 Å². The van der Waals surface area contributed by atoms with Crippen LogP contribution in [0.2, 0.25) is 0 Å². The van der Waals surface area contributed by atoms with Crippen molar-refractivity contribution in [2.75, 3.05) is 6.54 Å². The number of thiol groups is 1. The maximum Gasteiger partial charge on any atom is 0.222 e. The molecule has 2 rings (SSSR count). The van der Waals surface area contributed by atoms with Gasteiger partial charge in [-0.05, 0) is 19.8 Å². The highest BCUT2D eigenvalue weighted by Crippen LogP contribution is 2.27. The zero-order valence-corrected chi connectivity index (χ0v) is 11.3. The van der Waals surface area contributed by atoms with Crippen LogP contribution in [0.4, 0.5) is 0 Å². The van der Waals surface area contributed by atoms with Gasteiger partial charge in [-0.3, -0.25) is 9.89 Å². The van der Waals surface area contributed by atoms with Gasteiger partial charge in [0.05, 0.1) is 5.69 Å². The standard InChI is InChI=1S/C12H19N3OS/c1-3-11(16)15-6-4-5-10-9(7-15)12(8(2)17)14-13-10/h8,17H,3-7H2,1-2H3,(H,13,14). The molecule has 0 aromatic carbocycles. The highest BCUT2D eigenvalue weighted by atomic mass is 32.1. The van der Waals surface area contributed by atoms with E-state index in [1.807, 2.05) is 18.7 Å². The van der Waals surface area contributed by atoms with Crippen molar-refractivity contribution >= 4 is 18.5 Å². The number of hydrogen-bond donors (Lipinski definition) is 2. The lowest BCUT2D eigenvalue weighted by atomic mass is 10.1. The average Bonchev–Trinajstić information content (AvgIpc) is 2.59. The Hall–Kier alpha value is -0.970. The van der Waals surface area contributed by atoms with Gasteiger partial charge in [0.1, 0.15) is 0 Å². The molecule has 0 aliphatic carbocycles. The zero-order valence-electron chi connectivity index (χ0n) is 10.4. The van der Waals surface area contributed by atoms with Gasteiger partial charge in [-0.1, -0.05) is 6.92 Å². The Kier molecular flexibility index (Phi) is 3.76. The number of rotatable bonds is 2. The minimum absolute atomic E-state index is 0.103. The fourth-order valence-electron chi connectivity index (χ4n) is 2.30. The summed E-state index contributed by atoms with van der Waals surface area (Å²) in [6, 6.07) is 0. The van der Waals surface area contributed by atoms with Crippen molar-refractivity contribution in [2.24, 2.45) is 0 Å². The molecule has 0 bridgehead atoms. The highest BCUT2D eigenvalue weighted by Gasteiger charge is 2.23. The van der Waals surface area contributed by atoms with E-state index in [2.05, 4.69) is 22.8 Å². The van der Waals surface area contributed by atoms with Gasteiger partial charge in [-0.15, -0.1) is 0 Å². The Morgan fingerprint density at radius 2 is 2.41 bits per heavy atom. The first-order valence-corrected chi connectivity index (χ1v) is 6.67. The van der Waals surface area contributed by atoms with Crippen molar-refractivity contribution in [2.45, 2.75) is 44.9 Å². The molecule has 17 heavy (non-hydrogen) atoms. The summed E-state index contributed by atoms with van der Waals surface area (Å²) in [5.41, 5.74) is 3.33. The van der Waals surface area contributed by atoms with Crippen molar-refractivity contribution in [1.82, 2.24) is 15.1 Å². The number of carbonyl (C=O) groups excluding carboxylic acids is 1. The first-order valence-electron chi connectivity index (χ1n) is 6.15. The largest absolute Gasteiger partial charge is 0.338 e. The van der Waals surface area contributed by atoms with Crippen molar-refractivity contribution < 1.29 is 4.79 Å². The zero-order chi connectivity index (χ0) is 12.4. The third-order valence-corrected chi connectivity index (χ3v) is 3.48. The van der Waals surface area contributed by atoms with Gasteiger partial charge in [-0.25, -0.2) is 0 Å². The van der Waals surface area contributed by atoms with Gasteiger partial charge in [0.25, 0.3) is 0 Å². The second kappa shape index (κ2) is 5.12. The van der Waals surface area contributed by atoms with Crippen LogP contribution in [0.5, 0.6) is 0 Å². The van der Waals surface area contributed by atoms with Crippen molar-refractivity contribution in [3.05, 3.63) is 17.0 Å². The van der Waals surface area contributed by atoms with Crippen LogP contribution in [-0.2, 0) is 17.8 Å². The van der Waals surface area contributed by atoms with Crippen molar-refractivity contribution in [3.63, 3.8) is 0 Å². The first-order chi connectivity index (χ1) is 8.13. The molecule has 1 aromatic rings. The number of carbonyl (C=O) groups is 1. The summed E-state index contributed by atoms with van der Waals surface area (Å²) >= 11 is 4.44. The molecule has 1 aliphatic heterocycles. The second-order valence-corrected chi connectivity index (χ2v) is 5.29. The minimum atomic E-state index is 0.103. The van der Waals surface area contributed by atoms with Gasteiger partial charge in [0.2, 0.25) is 5.91 Å². The number of nitrogens with one attached hydrogen (secondary N) is 1. The average molecular weight is 253 g/mol. The minimum Gasteiger partial charge on any atom is -0.338 e. The number of aryl methyl sites for hydroxylation is 1. The van der Waals surface area contributed by atoms with Crippen LogP contribution in [0.25, 0.3) is 0 Å². The SMILES string of the molecule is CCC(=O)N1CCCc2[nH]nc(C(C)S)c2C1.